The number of nitrogens with zero attached hydrogens (tertiary/aromatic N) is 1. The van der Waals surface area contributed by atoms with E-state index in [1.165, 1.54) is 25.7 Å². The second kappa shape index (κ2) is 7.46. The molecule has 1 unspecified atom stereocenters. The van der Waals surface area contributed by atoms with Crippen molar-refractivity contribution in [3.63, 3.8) is 0 Å². The van der Waals surface area contributed by atoms with Gasteiger partial charge in [0.2, 0.25) is 0 Å². The Bertz CT molecular complexity index is 221. The van der Waals surface area contributed by atoms with Gasteiger partial charge in [-0.1, -0.05) is 33.6 Å². The van der Waals surface area contributed by atoms with Gasteiger partial charge in [-0.2, -0.15) is 0 Å². The molecule has 0 bridgehead atoms. The van der Waals surface area contributed by atoms with Crippen LogP contribution in [0.4, 0.5) is 0 Å². The predicted octanol–water partition coefficient (Wildman–Crippen LogP) is 2.25. The van der Waals surface area contributed by atoms with Gasteiger partial charge >= 0.3 is 0 Å². The molecule has 1 heterocycles. The molecule has 1 aliphatic rings. The fourth-order valence-corrected chi connectivity index (χ4v) is 2.80. The summed E-state index contributed by atoms with van der Waals surface area (Å²) < 4.78 is 0. The van der Waals surface area contributed by atoms with E-state index in [0.717, 1.165) is 25.6 Å². The molecule has 108 valence electrons. The highest BCUT2D eigenvalue weighted by molar-refractivity contribution is 4.83. The number of β-amino-alcohol motifs (C(OH)–C–C–N with tert-alkyl or cyclic N) is 1. The summed E-state index contributed by atoms with van der Waals surface area (Å²) in [6.07, 6.45) is 5.29. The average Bonchev–Trinajstić information content (AvgIpc) is 2.29. The molecule has 0 aromatic rings. The number of likely N-dealkylation sites (tertiary alicyclic amines) is 1. The van der Waals surface area contributed by atoms with Crippen LogP contribution < -0.4 is 5.32 Å². The van der Waals surface area contributed by atoms with Crippen molar-refractivity contribution >= 4 is 0 Å². The Balaban J connectivity index is 2.26. The zero-order valence-electron chi connectivity index (χ0n) is 12.7. The summed E-state index contributed by atoms with van der Waals surface area (Å²) >= 11 is 0. The van der Waals surface area contributed by atoms with E-state index >= 15 is 0 Å². The van der Waals surface area contributed by atoms with Crippen molar-refractivity contribution < 1.29 is 5.11 Å². The zero-order valence-corrected chi connectivity index (χ0v) is 12.7. The second-order valence-electron chi connectivity index (χ2n) is 6.54. The van der Waals surface area contributed by atoms with E-state index in [-0.39, 0.29) is 0 Å². The number of hydrogen-bond acceptors (Lipinski definition) is 3. The van der Waals surface area contributed by atoms with Crippen molar-refractivity contribution in [1.29, 1.82) is 0 Å². The smallest absolute Gasteiger partial charge is 0.0869 e. The Morgan fingerprint density at radius 1 is 1.33 bits per heavy atom. The molecule has 0 aromatic carbocycles. The van der Waals surface area contributed by atoms with Crippen LogP contribution in [0.25, 0.3) is 0 Å². The predicted molar refractivity (Wildman–Crippen MR) is 77.8 cm³/mol. The van der Waals surface area contributed by atoms with E-state index in [1.54, 1.807) is 0 Å². The molecule has 0 spiro atoms. The lowest BCUT2D eigenvalue weighted by atomic mass is 9.91. The van der Waals surface area contributed by atoms with Gasteiger partial charge in [-0.15, -0.1) is 0 Å². The van der Waals surface area contributed by atoms with Gasteiger partial charge in [0.25, 0.3) is 0 Å². The molecular weight excluding hydrogens is 224 g/mol. The van der Waals surface area contributed by atoms with E-state index in [0.29, 0.717) is 12.6 Å². The summed E-state index contributed by atoms with van der Waals surface area (Å²) in [4.78, 5) is 2.42. The monoisotopic (exact) mass is 256 g/mol. The van der Waals surface area contributed by atoms with E-state index < -0.39 is 5.60 Å². The van der Waals surface area contributed by atoms with E-state index in [4.69, 9.17) is 0 Å². The van der Waals surface area contributed by atoms with E-state index in [9.17, 15) is 5.11 Å². The van der Waals surface area contributed by atoms with Gasteiger partial charge < -0.3 is 15.3 Å². The minimum atomic E-state index is -0.609. The summed E-state index contributed by atoms with van der Waals surface area (Å²) in [6, 6.07) is 0.437. The third-order valence-electron chi connectivity index (χ3n) is 3.86. The lowest BCUT2D eigenvalue weighted by molar-refractivity contribution is 0.00838. The standard InChI is InChI=1S/C15H32N2O/c1-5-6-14-7-9-17(10-8-14)12-15(4,18)11-16-13(2)3/h13-14,16,18H,5-12H2,1-4H3. The van der Waals surface area contributed by atoms with Gasteiger partial charge in [0.1, 0.15) is 0 Å². The molecule has 1 saturated heterocycles. The molecule has 0 amide bonds. The minimum Gasteiger partial charge on any atom is -0.388 e. The third-order valence-corrected chi connectivity index (χ3v) is 3.86. The maximum absolute atomic E-state index is 10.4. The van der Waals surface area contributed by atoms with Gasteiger partial charge in [-0.05, 0) is 38.8 Å². The highest BCUT2D eigenvalue weighted by Crippen LogP contribution is 2.22. The van der Waals surface area contributed by atoms with Crippen molar-refractivity contribution in [2.24, 2.45) is 5.92 Å². The maximum Gasteiger partial charge on any atom is 0.0869 e. The number of rotatable bonds is 7. The molecule has 2 N–H and O–H groups in total. The highest BCUT2D eigenvalue weighted by atomic mass is 16.3. The van der Waals surface area contributed by atoms with E-state index in [2.05, 4.69) is 31.0 Å². The largest absolute Gasteiger partial charge is 0.388 e. The molecule has 0 aromatic heterocycles. The summed E-state index contributed by atoms with van der Waals surface area (Å²) in [7, 11) is 0. The van der Waals surface area contributed by atoms with Crippen LogP contribution in [0.5, 0.6) is 0 Å². The highest BCUT2D eigenvalue weighted by Gasteiger charge is 2.26. The van der Waals surface area contributed by atoms with Crippen molar-refractivity contribution in [3.8, 4) is 0 Å². The molecule has 18 heavy (non-hydrogen) atoms. The topological polar surface area (TPSA) is 35.5 Å². The fourth-order valence-electron chi connectivity index (χ4n) is 2.80. The summed E-state index contributed by atoms with van der Waals surface area (Å²) in [5, 5.41) is 13.7. The van der Waals surface area contributed by atoms with E-state index in [1.807, 2.05) is 6.92 Å². The van der Waals surface area contributed by atoms with Crippen LogP contribution >= 0.6 is 0 Å². The molecule has 0 saturated carbocycles. The second-order valence-corrected chi connectivity index (χ2v) is 6.54. The molecule has 1 atom stereocenters. The quantitative estimate of drug-likeness (QED) is 0.733. The Morgan fingerprint density at radius 2 is 1.94 bits per heavy atom. The van der Waals surface area contributed by atoms with Crippen LogP contribution in [0.2, 0.25) is 0 Å². The third kappa shape index (κ3) is 6.17. The van der Waals surface area contributed by atoms with Crippen LogP contribution in [0, 0.1) is 5.92 Å². The first-order valence-corrected chi connectivity index (χ1v) is 7.61. The molecule has 1 fully saturated rings. The SMILES string of the molecule is CCCC1CCN(CC(C)(O)CNC(C)C)CC1. The van der Waals surface area contributed by atoms with Gasteiger partial charge in [-0.25, -0.2) is 0 Å². The van der Waals surface area contributed by atoms with Gasteiger partial charge in [0.05, 0.1) is 5.60 Å². The van der Waals surface area contributed by atoms with Crippen LogP contribution in [0.3, 0.4) is 0 Å². The Hall–Kier alpha value is -0.120. The number of hydrogen-bond donors (Lipinski definition) is 2. The molecular formula is C15H32N2O. The summed E-state index contributed by atoms with van der Waals surface area (Å²) in [5.74, 6) is 0.921. The lowest BCUT2D eigenvalue weighted by Gasteiger charge is -2.37. The van der Waals surface area contributed by atoms with Gasteiger partial charge in [0, 0.05) is 19.1 Å². The Morgan fingerprint density at radius 3 is 2.44 bits per heavy atom. The van der Waals surface area contributed by atoms with Crippen molar-refractivity contribution in [2.45, 2.75) is 65.0 Å². The molecule has 3 nitrogen and oxygen atoms in total. The Labute approximate surface area is 113 Å². The molecule has 3 heteroatoms. The first kappa shape index (κ1) is 15.9. The minimum absolute atomic E-state index is 0.437. The molecule has 0 radical (unpaired) electrons. The average molecular weight is 256 g/mol. The first-order valence-electron chi connectivity index (χ1n) is 7.61. The van der Waals surface area contributed by atoms with Gasteiger partial charge in [0.15, 0.2) is 0 Å². The lowest BCUT2D eigenvalue weighted by Crippen LogP contribution is -2.50. The van der Waals surface area contributed by atoms with Crippen molar-refractivity contribution in [2.75, 3.05) is 26.2 Å². The summed E-state index contributed by atoms with van der Waals surface area (Å²) in [6.45, 7) is 12.2. The van der Waals surface area contributed by atoms with Crippen LogP contribution in [-0.2, 0) is 0 Å². The maximum atomic E-state index is 10.4. The first-order chi connectivity index (χ1) is 8.43. The Kier molecular flexibility index (Phi) is 6.61. The molecule has 0 aliphatic carbocycles. The van der Waals surface area contributed by atoms with Crippen LogP contribution in [0.1, 0.15) is 53.4 Å². The zero-order chi connectivity index (χ0) is 13.6. The number of nitrogens with one attached hydrogen (secondary N) is 1. The summed E-state index contributed by atoms with van der Waals surface area (Å²) in [5.41, 5.74) is -0.609. The number of aliphatic hydroxyl groups is 1. The van der Waals surface area contributed by atoms with Crippen LogP contribution in [-0.4, -0.2) is 47.8 Å². The molecule has 1 aliphatic heterocycles. The van der Waals surface area contributed by atoms with Gasteiger partial charge in [-0.3, -0.25) is 0 Å². The van der Waals surface area contributed by atoms with Crippen LogP contribution in [0.15, 0.2) is 0 Å². The van der Waals surface area contributed by atoms with Crippen molar-refractivity contribution in [3.05, 3.63) is 0 Å². The normalized spacial score (nSPS) is 22.3. The molecule has 1 rings (SSSR count). The van der Waals surface area contributed by atoms with Crippen molar-refractivity contribution in [1.82, 2.24) is 10.2 Å². The number of piperidine rings is 1. The fraction of sp³-hybridized carbons (Fsp3) is 1.00.